The summed E-state index contributed by atoms with van der Waals surface area (Å²) < 4.78 is 0. The minimum absolute atomic E-state index is 0.0401. The third-order valence-corrected chi connectivity index (χ3v) is 4.54. The molecular formula is C13H13ClN4OS. The quantitative estimate of drug-likeness (QED) is 0.843. The average molecular weight is 309 g/mol. The highest BCUT2D eigenvalue weighted by molar-refractivity contribution is 7.18. The Kier molecular flexibility index (Phi) is 3.35. The lowest BCUT2D eigenvalue weighted by atomic mass is 10.3. The zero-order chi connectivity index (χ0) is 14.3. The molecule has 0 aromatic carbocycles. The Morgan fingerprint density at radius 3 is 2.80 bits per heavy atom. The summed E-state index contributed by atoms with van der Waals surface area (Å²) in [7, 11) is 0. The topological polar surface area (TPSA) is 80.9 Å². The average Bonchev–Trinajstić information content (AvgIpc) is 3.13. The Morgan fingerprint density at radius 2 is 2.20 bits per heavy atom. The van der Waals surface area contributed by atoms with Gasteiger partial charge in [0.15, 0.2) is 5.78 Å². The molecular weight excluding hydrogens is 296 g/mol. The fraction of sp³-hybridized carbons (Fsp3) is 0.308. The molecule has 0 bridgehead atoms. The van der Waals surface area contributed by atoms with Crippen LogP contribution in [-0.2, 0) is 0 Å². The highest BCUT2D eigenvalue weighted by Gasteiger charge is 2.29. The number of nitrogens with one attached hydrogen (secondary N) is 1. The van der Waals surface area contributed by atoms with Crippen molar-refractivity contribution < 1.29 is 4.79 Å². The Hall–Kier alpha value is -1.66. The standard InChI is InChI=1S/C13H13ClN4OS/c1-6(19)8-4-5-9(20-8)16-13-17-11(7-2-3-7)10(14)12(15)18-13/h4-5,7H,2-3H2,1H3,(H3,15,16,17,18). The van der Waals surface area contributed by atoms with Gasteiger partial charge in [-0.2, -0.15) is 4.98 Å². The molecule has 0 atom stereocenters. The van der Waals surface area contributed by atoms with Crippen LogP contribution in [0.1, 0.15) is 41.0 Å². The number of nitrogens with two attached hydrogens (primary N) is 1. The van der Waals surface area contributed by atoms with Crippen LogP contribution in [0.2, 0.25) is 5.02 Å². The van der Waals surface area contributed by atoms with E-state index in [1.807, 2.05) is 6.07 Å². The van der Waals surface area contributed by atoms with Gasteiger partial charge in [-0.1, -0.05) is 11.6 Å². The first-order chi connectivity index (χ1) is 9.54. The predicted molar refractivity (Wildman–Crippen MR) is 81.0 cm³/mol. The summed E-state index contributed by atoms with van der Waals surface area (Å²) in [6.45, 7) is 1.54. The lowest BCUT2D eigenvalue weighted by molar-refractivity contribution is 0.102. The van der Waals surface area contributed by atoms with E-state index >= 15 is 0 Å². The number of nitrogen functional groups attached to an aromatic ring is 1. The van der Waals surface area contributed by atoms with Crippen LogP contribution in [0.3, 0.4) is 0 Å². The number of hydrogen-bond donors (Lipinski definition) is 2. The van der Waals surface area contributed by atoms with Gasteiger partial charge in [-0.05, 0) is 31.9 Å². The van der Waals surface area contributed by atoms with Gasteiger partial charge in [0.1, 0.15) is 10.8 Å². The number of carbonyl (C=O) groups is 1. The predicted octanol–water partition coefficient (Wildman–Crippen LogP) is 3.60. The van der Waals surface area contributed by atoms with Crippen molar-refractivity contribution in [2.45, 2.75) is 25.7 Å². The summed E-state index contributed by atoms with van der Waals surface area (Å²) in [6.07, 6.45) is 2.17. The van der Waals surface area contributed by atoms with E-state index in [4.69, 9.17) is 17.3 Å². The van der Waals surface area contributed by atoms with Crippen LogP contribution < -0.4 is 11.1 Å². The number of nitrogens with zero attached hydrogens (tertiary/aromatic N) is 2. The molecule has 0 unspecified atom stereocenters. The normalized spacial score (nSPS) is 14.3. The van der Waals surface area contributed by atoms with Crippen molar-refractivity contribution in [2.24, 2.45) is 0 Å². The molecule has 0 saturated heterocycles. The van der Waals surface area contributed by atoms with Crippen LogP contribution in [0.4, 0.5) is 16.8 Å². The van der Waals surface area contributed by atoms with E-state index in [-0.39, 0.29) is 11.6 Å². The Balaban J connectivity index is 1.88. The third kappa shape index (κ3) is 2.62. The lowest BCUT2D eigenvalue weighted by Gasteiger charge is -2.08. The fourth-order valence-corrected chi connectivity index (χ4v) is 2.90. The number of aromatic nitrogens is 2. The molecule has 5 nitrogen and oxygen atoms in total. The van der Waals surface area contributed by atoms with Crippen molar-refractivity contribution in [2.75, 3.05) is 11.1 Å². The Bertz CT molecular complexity index is 681. The van der Waals surface area contributed by atoms with Crippen LogP contribution in [-0.4, -0.2) is 15.8 Å². The van der Waals surface area contributed by atoms with Gasteiger partial charge >= 0.3 is 0 Å². The maximum Gasteiger partial charge on any atom is 0.230 e. The molecule has 1 saturated carbocycles. The van der Waals surface area contributed by atoms with E-state index in [0.717, 1.165) is 23.5 Å². The number of halogens is 1. The minimum atomic E-state index is 0.0401. The van der Waals surface area contributed by atoms with Gasteiger partial charge < -0.3 is 11.1 Å². The van der Waals surface area contributed by atoms with Gasteiger partial charge in [0.2, 0.25) is 5.95 Å². The molecule has 104 valence electrons. The molecule has 0 spiro atoms. The summed E-state index contributed by atoms with van der Waals surface area (Å²) >= 11 is 7.49. The molecule has 20 heavy (non-hydrogen) atoms. The fourth-order valence-electron chi connectivity index (χ4n) is 1.87. The van der Waals surface area contributed by atoms with E-state index in [9.17, 15) is 4.79 Å². The minimum Gasteiger partial charge on any atom is -0.382 e. The van der Waals surface area contributed by atoms with Gasteiger partial charge in [0.05, 0.1) is 15.6 Å². The SMILES string of the molecule is CC(=O)c1ccc(Nc2nc(N)c(Cl)c(C3CC3)n2)s1. The van der Waals surface area contributed by atoms with E-state index in [2.05, 4.69) is 15.3 Å². The van der Waals surface area contributed by atoms with Crippen LogP contribution in [0, 0.1) is 0 Å². The first-order valence-electron chi connectivity index (χ1n) is 6.25. The van der Waals surface area contributed by atoms with Gasteiger partial charge in [-0.25, -0.2) is 4.98 Å². The highest BCUT2D eigenvalue weighted by atomic mass is 35.5. The molecule has 0 amide bonds. The summed E-state index contributed by atoms with van der Waals surface area (Å²) in [5, 5.41) is 4.33. The van der Waals surface area contributed by atoms with Crippen LogP contribution in [0.15, 0.2) is 12.1 Å². The number of Topliss-reactive ketones (excluding diaryl/α,β-unsaturated/α-hetero) is 1. The maximum absolute atomic E-state index is 11.3. The molecule has 3 N–H and O–H groups in total. The van der Waals surface area contributed by atoms with E-state index in [1.54, 1.807) is 6.07 Å². The molecule has 1 aliphatic rings. The summed E-state index contributed by atoms with van der Waals surface area (Å²) in [5.41, 5.74) is 6.63. The second kappa shape index (κ2) is 5.03. The van der Waals surface area contributed by atoms with E-state index in [0.29, 0.717) is 21.8 Å². The zero-order valence-corrected chi connectivity index (χ0v) is 12.4. The smallest absolute Gasteiger partial charge is 0.230 e. The van der Waals surface area contributed by atoms with E-state index < -0.39 is 0 Å². The second-order valence-electron chi connectivity index (χ2n) is 4.75. The first-order valence-corrected chi connectivity index (χ1v) is 7.44. The number of rotatable bonds is 4. The van der Waals surface area contributed by atoms with Gasteiger partial charge in [0.25, 0.3) is 0 Å². The van der Waals surface area contributed by atoms with Crippen LogP contribution in [0.25, 0.3) is 0 Å². The molecule has 3 rings (SSSR count). The Morgan fingerprint density at radius 1 is 1.45 bits per heavy atom. The number of anilines is 3. The van der Waals surface area contributed by atoms with Crippen LogP contribution in [0.5, 0.6) is 0 Å². The first kappa shape index (κ1) is 13.3. The van der Waals surface area contributed by atoms with Crippen molar-refractivity contribution in [3.63, 3.8) is 0 Å². The lowest BCUT2D eigenvalue weighted by Crippen LogP contribution is -2.04. The zero-order valence-electron chi connectivity index (χ0n) is 10.8. The van der Waals surface area contributed by atoms with Crippen LogP contribution >= 0.6 is 22.9 Å². The molecule has 2 aromatic rings. The van der Waals surface area contributed by atoms with Gasteiger partial charge in [-0.15, -0.1) is 11.3 Å². The Labute approximate surface area is 125 Å². The highest BCUT2D eigenvalue weighted by Crippen LogP contribution is 2.43. The third-order valence-electron chi connectivity index (χ3n) is 3.05. The number of ketones is 1. The summed E-state index contributed by atoms with van der Waals surface area (Å²) in [6, 6.07) is 3.60. The molecule has 1 fully saturated rings. The summed E-state index contributed by atoms with van der Waals surface area (Å²) in [5.74, 6) is 1.14. The largest absolute Gasteiger partial charge is 0.382 e. The number of thiophene rings is 1. The monoisotopic (exact) mass is 308 g/mol. The maximum atomic E-state index is 11.3. The van der Waals surface area contributed by atoms with Crippen molar-refractivity contribution in [3.8, 4) is 0 Å². The number of hydrogen-bond acceptors (Lipinski definition) is 6. The number of carbonyl (C=O) groups excluding carboxylic acids is 1. The van der Waals surface area contributed by atoms with Crippen molar-refractivity contribution in [1.82, 2.24) is 9.97 Å². The molecule has 0 radical (unpaired) electrons. The van der Waals surface area contributed by atoms with Gasteiger partial charge in [-0.3, -0.25) is 4.79 Å². The summed E-state index contributed by atoms with van der Waals surface area (Å²) in [4.78, 5) is 20.5. The van der Waals surface area contributed by atoms with Gasteiger partial charge in [0, 0.05) is 5.92 Å². The van der Waals surface area contributed by atoms with Crippen molar-refractivity contribution in [3.05, 3.63) is 27.7 Å². The molecule has 1 aliphatic carbocycles. The second-order valence-corrected chi connectivity index (χ2v) is 6.21. The molecule has 2 aromatic heterocycles. The molecule has 7 heteroatoms. The van der Waals surface area contributed by atoms with E-state index in [1.165, 1.54) is 18.3 Å². The van der Waals surface area contributed by atoms with Crippen molar-refractivity contribution >= 4 is 45.5 Å². The molecule has 0 aliphatic heterocycles. The van der Waals surface area contributed by atoms with Crippen molar-refractivity contribution in [1.29, 1.82) is 0 Å². The molecule has 2 heterocycles.